The zero-order valence-corrected chi connectivity index (χ0v) is 15.7. The summed E-state index contributed by atoms with van der Waals surface area (Å²) >= 11 is 0. The van der Waals surface area contributed by atoms with Crippen molar-refractivity contribution in [1.29, 1.82) is 0 Å². The maximum Gasteiger partial charge on any atom is 0.308 e. The fourth-order valence-corrected chi connectivity index (χ4v) is 4.55. The van der Waals surface area contributed by atoms with Crippen LogP contribution in [0.4, 0.5) is 0 Å². The van der Waals surface area contributed by atoms with Crippen LogP contribution >= 0.6 is 0 Å². The van der Waals surface area contributed by atoms with Gasteiger partial charge in [-0.05, 0) is 23.4 Å². The Balaban J connectivity index is 1.93. The number of carboxylic acids is 1. The molecule has 1 unspecified atom stereocenters. The Morgan fingerprint density at radius 3 is 2.29 bits per heavy atom. The summed E-state index contributed by atoms with van der Waals surface area (Å²) in [5, 5.41) is 10.8. The van der Waals surface area contributed by atoms with E-state index in [1.807, 2.05) is 0 Å². The van der Waals surface area contributed by atoms with Gasteiger partial charge in [-0.15, -0.1) is 0 Å². The van der Waals surface area contributed by atoms with Crippen LogP contribution in [0.5, 0.6) is 0 Å². The maximum absolute atomic E-state index is 12.9. The summed E-state index contributed by atoms with van der Waals surface area (Å²) in [4.78, 5) is 23.4. The zero-order chi connectivity index (χ0) is 20.1. The summed E-state index contributed by atoms with van der Waals surface area (Å²) < 4.78 is 28.1. The number of nitrogens with one attached hydrogen (secondary N) is 1. The van der Waals surface area contributed by atoms with E-state index >= 15 is 0 Å². The van der Waals surface area contributed by atoms with E-state index in [0.717, 1.165) is 5.39 Å². The van der Waals surface area contributed by atoms with Crippen LogP contribution in [0.25, 0.3) is 10.8 Å². The molecule has 0 amide bonds. The van der Waals surface area contributed by atoms with Crippen LogP contribution in [0.3, 0.4) is 0 Å². The zero-order valence-electron chi connectivity index (χ0n) is 14.9. The van der Waals surface area contributed by atoms with E-state index in [1.54, 1.807) is 66.7 Å². The van der Waals surface area contributed by atoms with Crippen LogP contribution in [0.15, 0.2) is 77.7 Å². The number of sulfonamides is 1. The third-order valence-corrected chi connectivity index (χ3v) is 6.04. The summed E-state index contributed by atoms with van der Waals surface area (Å²) in [7, 11) is -4.11. The molecule has 0 spiro atoms. The molecule has 0 aliphatic heterocycles. The number of carbonyl (C=O) groups excluding carboxylic acids is 1. The summed E-state index contributed by atoms with van der Waals surface area (Å²) in [6, 6.07) is 19.1. The average molecular weight is 397 g/mol. The van der Waals surface area contributed by atoms with E-state index in [2.05, 4.69) is 4.72 Å². The lowest BCUT2D eigenvalue weighted by atomic mass is 9.93. The Labute approximate surface area is 162 Å². The summed E-state index contributed by atoms with van der Waals surface area (Å²) in [5.74, 6) is -2.48. The van der Waals surface area contributed by atoms with E-state index in [9.17, 15) is 23.1 Å². The predicted octanol–water partition coefficient (Wildman–Crippen LogP) is 2.63. The highest BCUT2D eigenvalue weighted by Gasteiger charge is 2.32. The molecule has 3 aromatic carbocycles. The smallest absolute Gasteiger partial charge is 0.308 e. The van der Waals surface area contributed by atoms with Gasteiger partial charge in [0, 0.05) is 5.39 Å². The second-order valence-corrected chi connectivity index (χ2v) is 8.08. The Morgan fingerprint density at radius 2 is 1.61 bits per heavy atom. The quantitative estimate of drug-likeness (QED) is 0.569. The highest BCUT2D eigenvalue weighted by Crippen LogP contribution is 2.23. The molecule has 3 aromatic rings. The van der Waals surface area contributed by atoms with Crippen molar-refractivity contribution in [1.82, 2.24) is 4.72 Å². The van der Waals surface area contributed by atoms with Crippen molar-refractivity contribution in [3.63, 3.8) is 0 Å². The Morgan fingerprint density at radius 1 is 0.964 bits per heavy atom. The first-order valence-electron chi connectivity index (χ1n) is 8.64. The third kappa shape index (κ3) is 4.27. The lowest BCUT2D eigenvalue weighted by Crippen LogP contribution is -2.45. The Bertz CT molecular complexity index is 1090. The fraction of sp³-hybridized carbons (Fsp3) is 0.143. The van der Waals surface area contributed by atoms with Crippen molar-refractivity contribution < 1.29 is 23.1 Å². The fourth-order valence-electron chi connectivity index (χ4n) is 3.11. The van der Waals surface area contributed by atoms with E-state index in [-0.39, 0.29) is 11.3 Å². The predicted molar refractivity (Wildman–Crippen MR) is 105 cm³/mol. The van der Waals surface area contributed by atoms with E-state index in [0.29, 0.717) is 17.2 Å². The number of rotatable bonds is 8. The molecule has 2 atom stereocenters. The normalized spacial score (nSPS) is 13.7. The highest BCUT2D eigenvalue weighted by molar-refractivity contribution is 7.89. The van der Waals surface area contributed by atoms with Gasteiger partial charge in [-0.25, -0.2) is 13.1 Å². The van der Waals surface area contributed by atoms with Crippen LogP contribution < -0.4 is 4.72 Å². The number of benzene rings is 3. The molecule has 0 fully saturated rings. The van der Waals surface area contributed by atoms with Crippen molar-refractivity contribution in [3.05, 3.63) is 78.4 Å². The Hall–Kier alpha value is -3.03. The van der Waals surface area contributed by atoms with Gasteiger partial charge in [0.2, 0.25) is 10.0 Å². The molecule has 0 aliphatic rings. The van der Waals surface area contributed by atoms with Crippen molar-refractivity contribution in [2.45, 2.75) is 17.4 Å². The molecule has 0 aliphatic carbocycles. The number of carboxylic acid groups (broad SMARTS) is 1. The SMILES string of the molecule is O=C[C@@H](NS(=O)(=O)c1cccc2ccccc12)C(Cc1ccccc1)C(=O)O. The van der Waals surface area contributed by atoms with Gasteiger partial charge < -0.3 is 9.90 Å². The first kappa shape index (κ1) is 19.7. The minimum atomic E-state index is -4.11. The lowest BCUT2D eigenvalue weighted by Gasteiger charge is -2.21. The first-order valence-corrected chi connectivity index (χ1v) is 10.1. The number of aldehydes is 1. The molecular weight excluding hydrogens is 378 g/mol. The number of aliphatic carboxylic acids is 1. The second-order valence-electron chi connectivity index (χ2n) is 6.39. The van der Waals surface area contributed by atoms with Crippen LogP contribution in [0.1, 0.15) is 5.56 Å². The van der Waals surface area contributed by atoms with Gasteiger partial charge >= 0.3 is 5.97 Å². The van der Waals surface area contributed by atoms with Crippen molar-refractivity contribution in [2.24, 2.45) is 5.92 Å². The molecule has 0 radical (unpaired) electrons. The number of hydrogen-bond donors (Lipinski definition) is 2. The standard InChI is InChI=1S/C21H19NO5S/c23-14-19(18(21(24)25)13-15-7-2-1-3-8-15)22-28(26,27)20-12-6-10-16-9-4-5-11-17(16)20/h1-12,14,18-19,22H,13H2,(H,24,25)/t18?,19-/m1/s1. The van der Waals surface area contributed by atoms with E-state index in [4.69, 9.17) is 0 Å². The molecule has 0 bridgehead atoms. The van der Waals surface area contributed by atoms with Gasteiger partial charge in [0.15, 0.2) is 0 Å². The van der Waals surface area contributed by atoms with Gasteiger partial charge in [0.25, 0.3) is 0 Å². The first-order chi connectivity index (χ1) is 13.4. The number of hydrogen-bond acceptors (Lipinski definition) is 4. The number of fused-ring (bicyclic) bond motifs is 1. The molecule has 0 saturated carbocycles. The average Bonchev–Trinajstić information content (AvgIpc) is 2.70. The van der Waals surface area contributed by atoms with Gasteiger partial charge in [-0.1, -0.05) is 66.7 Å². The monoisotopic (exact) mass is 397 g/mol. The van der Waals surface area contributed by atoms with Crippen LogP contribution in [0.2, 0.25) is 0 Å². The van der Waals surface area contributed by atoms with Crippen LogP contribution in [0, 0.1) is 5.92 Å². The molecular formula is C21H19NO5S. The van der Waals surface area contributed by atoms with Gasteiger partial charge in [-0.2, -0.15) is 0 Å². The minimum Gasteiger partial charge on any atom is -0.481 e. The van der Waals surface area contributed by atoms with Crippen molar-refractivity contribution in [3.8, 4) is 0 Å². The lowest BCUT2D eigenvalue weighted by molar-refractivity contribution is -0.143. The summed E-state index contributed by atoms with van der Waals surface area (Å²) in [6.45, 7) is 0. The van der Waals surface area contributed by atoms with Crippen molar-refractivity contribution in [2.75, 3.05) is 0 Å². The molecule has 7 heteroatoms. The van der Waals surface area contributed by atoms with Crippen molar-refractivity contribution >= 4 is 33.1 Å². The van der Waals surface area contributed by atoms with Gasteiger partial charge in [0.05, 0.1) is 16.9 Å². The Kier molecular flexibility index (Phi) is 5.87. The largest absolute Gasteiger partial charge is 0.481 e. The molecule has 0 aromatic heterocycles. The van der Waals surface area contributed by atoms with Crippen LogP contribution in [-0.4, -0.2) is 31.8 Å². The molecule has 28 heavy (non-hydrogen) atoms. The molecule has 3 rings (SSSR count). The molecule has 2 N–H and O–H groups in total. The third-order valence-electron chi connectivity index (χ3n) is 4.53. The molecule has 6 nitrogen and oxygen atoms in total. The highest BCUT2D eigenvalue weighted by atomic mass is 32.2. The van der Waals surface area contributed by atoms with E-state index < -0.39 is 28.0 Å². The number of carbonyl (C=O) groups is 2. The summed E-state index contributed by atoms with van der Waals surface area (Å²) in [5.41, 5.74) is 0.700. The van der Waals surface area contributed by atoms with Gasteiger partial charge in [0.1, 0.15) is 6.29 Å². The van der Waals surface area contributed by atoms with E-state index in [1.165, 1.54) is 6.07 Å². The molecule has 0 heterocycles. The minimum absolute atomic E-state index is 0.00120. The second kappa shape index (κ2) is 8.33. The van der Waals surface area contributed by atoms with Crippen LogP contribution in [-0.2, 0) is 26.0 Å². The molecule has 0 saturated heterocycles. The summed E-state index contributed by atoms with van der Waals surface area (Å²) in [6.07, 6.45) is 0.363. The maximum atomic E-state index is 12.9. The van der Waals surface area contributed by atoms with Gasteiger partial charge in [-0.3, -0.25) is 4.79 Å². The molecule has 144 valence electrons. The topological polar surface area (TPSA) is 101 Å².